The predicted octanol–water partition coefficient (Wildman–Crippen LogP) is 1.82. The van der Waals surface area contributed by atoms with Crippen LogP contribution in [0.5, 0.6) is 0 Å². The van der Waals surface area contributed by atoms with E-state index in [0.717, 1.165) is 25.1 Å². The molecule has 0 unspecified atom stereocenters. The van der Waals surface area contributed by atoms with Gasteiger partial charge in [-0.3, -0.25) is 9.69 Å². The van der Waals surface area contributed by atoms with Crippen molar-refractivity contribution in [2.45, 2.75) is 51.7 Å². The third kappa shape index (κ3) is 3.59. The SMILES string of the molecule is CCCCc1noc(CN2Cc3ccccc3C[C@@H]2C(N)=O)n1. The van der Waals surface area contributed by atoms with Crippen molar-refractivity contribution in [1.29, 1.82) is 0 Å². The lowest BCUT2D eigenvalue weighted by molar-refractivity contribution is -0.124. The van der Waals surface area contributed by atoms with E-state index in [4.69, 9.17) is 10.3 Å². The first-order valence-electron chi connectivity index (χ1n) is 8.09. The van der Waals surface area contributed by atoms with Crippen LogP contribution in [0.3, 0.4) is 0 Å². The molecule has 0 bridgehead atoms. The number of rotatable bonds is 6. The van der Waals surface area contributed by atoms with E-state index >= 15 is 0 Å². The minimum absolute atomic E-state index is 0.315. The molecule has 0 saturated heterocycles. The molecule has 2 N–H and O–H groups in total. The average molecular weight is 314 g/mol. The normalized spacial score (nSPS) is 17.9. The second-order valence-electron chi connectivity index (χ2n) is 6.00. The lowest BCUT2D eigenvalue weighted by Gasteiger charge is -2.33. The number of hydrogen-bond donors (Lipinski definition) is 1. The Morgan fingerprint density at radius 2 is 2.17 bits per heavy atom. The number of carbonyl (C=O) groups excluding carboxylic acids is 1. The minimum Gasteiger partial charge on any atom is -0.368 e. The highest BCUT2D eigenvalue weighted by Crippen LogP contribution is 2.24. The van der Waals surface area contributed by atoms with Gasteiger partial charge in [0, 0.05) is 13.0 Å². The summed E-state index contributed by atoms with van der Waals surface area (Å²) in [7, 11) is 0. The fourth-order valence-corrected chi connectivity index (χ4v) is 2.99. The zero-order chi connectivity index (χ0) is 16.2. The van der Waals surface area contributed by atoms with Crippen LogP contribution in [-0.2, 0) is 30.7 Å². The fourth-order valence-electron chi connectivity index (χ4n) is 2.99. The van der Waals surface area contributed by atoms with Crippen LogP contribution in [0, 0.1) is 0 Å². The standard InChI is InChI=1S/C17H22N4O2/c1-2-3-8-15-19-16(23-20-15)11-21-10-13-7-5-4-6-12(13)9-14(21)17(18)22/h4-7,14H,2-3,8-11H2,1H3,(H2,18,22)/t14-/m1/s1. The summed E-state index contributed by atoms with van der Waals surface area (Å²) in [5.41, 5.74) is 7.99. The van der Waals surface area contributed by atoms with Crippen LogP contribution in [0.25, 0.3) is 0 Å². The van der Waals surface area contributed by atoms with Crippen LogP contribution in [0.2, 0.25) is 0 Å². The molecule has 0 spiro atoms. The molecule has 122 valence electrons. The van der Waals surface area contributed by atoms with Crippen molar-refractivity contribution in [3.63, 3.8) is 0 Å². The van der Waals surface area contributed by atoms with Crippen molar-refractivity contribution in [3.8, 4) is 0 Å². The van der Waals surface area contributed by atoms with Crippen LogP contribution in [0.4, 0.5) is 0 Å². The van der Waals surface area contributed by atoms with Gasteiger partial charge in [0.15, 0.2) is 5.82 Å². The summed E-state index contributed by atoms with van der Waals surface area (Å²) in [6, 6.07) is 7.80. The van der Waals surface area contributed by atoms with Crippen LogP contribution < -0.4 is 5.73 Å². The molecule has 2 heterocycles. The molecule has 1 aliphatic rings. The van der Waals surface area contributed by atoms with E-state index in [9.17, 15) is 4.79 Å². The van der Waals surface area contributed by atoms with Crippen LogP contribution in [0.15, 0.2) is 28.8 Å². The number of unbranched alkanes of at least 4 members (excludes halogenated alkanes) is 1. The molecule has 6 nitrogen and oxygen atoms in total. The molecule has 0 aliphatic carbocycles. The van der Waals surface area contributed by atoms with Crippen molar-refractivity contribution in [3.05, 3.63) is 47.1 Å². The number of amides is 1. The van der Waals surface area contributed by atoms with Crippen molar-refractivity contribution < 1.29 is 9.32 Å². The van der Waals surface area contributed by atoms with Gasteiger partial charge in [0.1, 0.15) is 0 Å². The van der Waals surface area contributed by atoms with Gasteiger partial charge in [-0.05, 0) is 24.0 Å². The zero-order valence-corrected chi connectivity index (χ0v) is 13.4. The number of carbonyl (C=O) groups is 1. The van der Waals surface area contributed by atoms with Gasteiger partial charge in [0.05, 0.1) is 12.6 Å². The number of aromatic nitrogens is 2. The van der Waals surface area contributed by atoms with E-state index in [0.29, 0.717) is 25.4 Å². The Hall–Kier alpha value is -2.21. The molecule has 6 heteroatoms. The van der Waals surface area contributed by atoms with Gasteiger partial charge in [-0.15, -0.1) is 0 Å². The van der Waals surface area contributed by atoms with Crippen molar-refractivity contribution in [2.24, 2.45) is 5.73 Å². The van der Waals surface area contributed by atoms with Gasteiger partial charge in [0.25, 0.3) is 0 Å². The van der Waals surface area contributed by atoms with Gasteiger partial charge in [-0.2, -0.15) is 4.98 Å². The van der Waals surface area contributed by atoms with Crippen molar-refractivity contribution in [1.82, 2.24) is 15.0 Å². The Kier molecular flexibility index (Phi) is 4.71. The number of nitrogens with two attached hydrogens (primary N) is 1. The van der Waals surface area contributed by atoms with Gasteiger partial charge in [-0.25, -0.2) is 0 Å². The van der Waals surface area contributed by atoms with Gasteiger partial charge in [0.2, 0.25) is 11.8 Å². The maximum absolute atomic E-state index is 11.8. The summed E-state index contributed by atoms with van der Waals surface area (Å²) >= 11 is 0. The molecule has 2 aromatic rings. The molecule has 1 amide bonds. The van der Waals surface area contributed by atoms with Crippen LogP contribution in [-0.4, -0.2) is 27.0 Å². The smallest absolute Gasteiger partial charge is 0.240 e. The highest BCUT2D eigenvalue weighted by molar-refractivity contribution is 5.80. The topological polar surface area (TPSA) is 85.3 Å². The summed E-state index contributed by atoms with van der Waals surface area (Å²) in [5, 5.41) is 4.00. The van der Waals surface area contributed by atoms with E-state index in [-0.39, 0.29) is 11.9 Å². The maximum Gasteiger partial charge on any atom is 0.240 e. The number of hydrogen-bond acceptors (Lipinski definition) is 5. The predicted molar refractivity (Wildman–Crippen MR) is 85.3 cm³/mol. The van der Waals surface area contributed by atoms with E-state index in [1.54, 1.807) is 0 Å². The minimum atomic E-state index is -0.337. The first-order chi connectivity index (χ1) is 11.2. The lowest BCUT2D eigenvalue weighted by atomic mass is 9.93. The van der Waals surface area contributed by atoms with E-state index in [1.807, 2.05) is 17.0 Å². The first kappa shape index (κ1) is 15.7. The van der Waals surface area contributed by atoms with Gasteiger partial charge < -0.3 is 10.3 Å². The average Bonchev–Trinajstić information content (AvgIpc) is 2.99. The molecule has 1 atom stereocenters. The fraction of sp³-hybridized carbons (Fsp3) is 0.471. The molecule has 1 aromatic carbocycles. The number of fused-ring (bicyclic) bond motifs is 1. The van der Waals surface area contributed by atoms with E-state index in [1.165, 1.54) is 11.1 Å². The summed E-state index contributed by atoms with van der Waals surface area (Å²) in [6.07, 6.45) is 3.58. The number of nitrogens with zero attached hydrogens (tertiary/aromatic N) is 3. The lowest BCUT2D eigenvalue weighted by Crippen LogP contribution is -2.48. The second-order valence-corrected chi connectivity index (χ2v) is 6.00. The third-order valence-electron chi connectivity index (χ3n) is 4.28. The number of benzene rings is 1. The largest absolute Gasteiger partial charge is 0.368 e. The molecular weight excluding hydrogens is 292 g/mol. The maximum atomic E-state index is 11.8. The summed E-state index contributed by atoms with van der Waals surface area (Å²) in [5.74, 6) is 0.960. The summed E-state index contributed by atoms with van der Waals surface area (Å²) in [6.45, 7) is 3.24. The Bertz CT molecular complexity index is 683. The van der Waals surface area contributed by atoms with Crippen LogP contribution in [0.1, 0.15) is 42.6 Å². The quantitative estimate of drug-likeness (QED) is 0.879. The van der Waals surface area contributed by atoms with Crippen molar-refractivity contribution >= 4 is 5.91 Å². The first-order valence-corrected chi connectivity index (χ1v) is 8.09. The molecule has 0 saturated carbocycles. The summed E-state index contributed by atoms with van der Waals surface area (Å²) < 4.78 is 5.33. The molecule has 1 aromatic heterocycles. The molecule has 1 aliphatic heterocycles. The molecule has 3 rings (SSSR count). The number of primary amides is 1. The van der Waals surface area contributed by atoms with Gasteiger partial charge >= 0.3 is 0 Å². The molecule has 23 heavy (non-hydrogen) atoms. The second kappa shape index (κ2) is 6.91. The van der Waals surface area contributed by atoms with E-state index in [2.05, 4.69) is 29.2 Å². The molecular formula is C17H22N4O2. The Labute approximate surface area is 135 Å². The van der Waals surface area contributed by atoms with E-state index < -0.39 is 0 Å². The van der Waals surface area contributed by atoms with Gasteiger partial charge in [-0.1, -0.05) is 42.8 Å². The molecule has 0 radical (unpaired) electrons. The van der Waals surface area contributed by atoms with Crippen molar-refractivity contribution in [2.75, 3.05) is 0 Å². The van der Waals surface area contributed by atoms with Crippen LogP contribution >= 0.6 is 0 Å². The molecule has 0 fully saturated rings. The highest BCUT2D eigenvalue weighted by Gasteiger charge is 2.31. The Morgan fingerprint density at radius 3 is 2.91 bits per heavy atom. The third-order valence-corrected chi connectivity index (χ3v) is 4.28. The zero-order valence-electron chi connectivity index (χ0n) is 13.4. The summed E-state index contributed by atoms with van der Waals surface area (Å²) in [4.78, 5) is 18.3. The Morgan fingerprint density at radius 1 is 1.39 bits per heavy atom. The highest BCUT2D eigenvalue weighted by atomic mass is 16.5. The Balaban J connectivity index is 1.75. The monoisotopic (exact) mass is 314 g/mol. The number of aryl methyl sites for hydroxylation is 1.